The van der Waals surface area contributed by atoms with Gasteiger partial charge >= 0.3 is 0 Å². The zero-order valence-corrected chi connectivity index (χ0v) is 15.9. The van der Waals surface area contributed by atoms with Gasteiger partial charge in [-0.05, 0) is 36.3 Å². The molecule has 0 aliphatic carbocycles. The fourth-order valence-corrected chi connectivity index (χ4v) is 2.70. The Morgan fingerprint density at radius 1 is 1.14 bits per heavy atom. The molecule has 0 saturated carbocycles. The lowest BCUT2D eigenvalue weighted by Gasteiger charge is -2.08. The SMILES string of the molecule is Cc1c(F)cc(NC(=O)Cc2ccc(/C=C/C(=O)c3nccn3C)cc2)cc1F. The van der Waals surface area contributed by atoms with Gasteiger partial charge in [-0.15, -0.1) is 0 Å². The molecule has 1 heterocycles. The highest BCUT2D eigenvalue weighted by atomic mass is 19.1. The molecule has 3 aromatic rings. The van der Waals surface area contributed by atoms with Crippen molar-refractivity contribution >= 4 is 23.5 Å². The van der Waals surface area contributed by atoms with Gasteiger partial charge in [0.05, 0.1) is 6.42 Å². The molecule has 3 rings (SSSR count). The van der Waals surface area contributed by atoms with Gasteiger partial charge in [-0.3, -0.25) is 9.59 Å². The van der Waals surface area contributed by atoms with E-state index in [0.717, 1.165) is 23.3 Å². The number of rotatable bonds is 6. The highest BCUT2D eigenvalue weighted by molar-refractivity contribution is 6.04. The number of benzene rings is 2. The van der Waals surface area contributed by atoms with Gasteiger partial charge in [0.25, 0.3) is 0 Å². The quantitative estimate of drug-likeness (QED) is 0.505. The van der Waals surface area contributed by atoms with Gasteiger partial charge in [0.1, 0.15) is 11.6 Å². The Morgan fingerprint density at radius 3 is 2.38 bits per heavy atom. The lowest BCUT2D eigenvalue weighted by molar-refractivity contribution is -0.115. The zero-order valence-electron chi connectivity index (χ0n) is 15.9. The summed E-state index contributed by atoms with van der Waals surface area (Å²) in [4.78, 5) is 28.2. The van der Waals surface area contributed by atoms with Gasteiger partial charge in [-0.2, -0.15) is 0 Å². The van der Waals surface area contributed by atoms with Crippen LogP contribution < -0.4 is 5.32 Å². The Balaban J connectivity index is 1.60. The molecule has 0 bridgehead atoms. The molecule has 7 heteroatoms. The standard InChI is InChI=1S/C22H19F2N3O2/c1-14-18(23)12-17(13-19(14)24)26-21(29)11-16-5-3-15(4-6-16)7-8-20(28)22-25-9-10-27(22)2/h3-10,12-13H,11H2,1-2H3,(H,26,29)/b8-7+. The Bertz CT molecular complexity index is 1060. The summed E-state index contributed by atoms with van der Waals surface area (Å²) >= 11 is 0. The fraction of sp³-hybridized carbons (Fsp3) is 0.136. The summed E-state index contributed by atoms with van der Waals surface area (Å²) in [6.07, 6.45) is 6.40. The summed E-state index contributed by atoms with van der Waals surface area (Å²) in [7, 11) is 1.74. The lowest BCUT2D eigenvalue weighted by Crippen LogP contribution is -2.15. The van der Waals surface area contributed by atoms with Gasteiger partial charge in [0, 0.05) is 30.7 Å². The van der Waals surface area contributed by atoms with Gasteiger partial charge in [0.2, 0.25) is 11.7 Å². The Hall–Kier alpha value is -3.61. The van der Waals surface area contributed by atoms with Crippen molar-refractivity contribution in [1.82, 2.24) is 9.55 Å². The Morgan fingerprint density at radius 2 is 1.79 bits per heavy atom. The van der Waals surface area contributed by atoms with E-state index in [0.29, 0.717) is 5.82 Å². The number of carbonyl (C=O) groups excluding carboxylic acids is 2. The van der Waals surface area contributed by atoms with Crippen molar-refractivity contribution in [3.8, 4) is 0 Å². The van der Waals surface area contributed by atoms with E-state index in [-0.39, 0.29) is 29.4 Å². The van der Waals surface area contributed by atoms with Crippen LogP contribution in [0.5, 0.6) is 0 Å². The third kappa shape index (κ3) is 5.01. The van der Waals surface area contributed by atoms with Crippen LogP contribution in [-0.4, -0.2) is 21.2 Å². The van der Waals surface area contributed by atoms with Crippen LogP contribution in [0.25, 0.3) is 6.08 Å². The molecule has 0 aliphatic rings. The van der Waals surface area contributed by atoms with Crippen LogP contribution >= 0.6 is 0 Å². The highest BCUT2D eigenvalue weighted by Crippen LogP contribution is 2.18. The molecule has 0 spiro atoms. The second-order valence-electron chi connectivity index (χ2n) is 6.59. The topological polar surface area (TPSA) is 64.0 Å². The molecule has 0 atom stereocenters. The lowest BCUT2D eigenvalue weighted by atomic mass is 10.1. The normalized spacial score (nSPS) is 11.0. The summed E-state index contributed by atoms with van der Waals surface area (Å²) < 4.78 is 28.8. The largest absolute Gasteiger partial charge is 0.331 e. The van der Waals surface area contributed by atoms with Crippen LogP contribution in [0.3, 0.4) is 0 Å². The first-order valence-corrected chi connectivity index (χ1v) is 8.87. The van der Waals surface area contributed by atoms with Crippen LogP contribution in [-0.2, 0) is 18.3 Å². The van der Waals surface area contributed by atoms with Crippen molar-refractivity contribution in [2.24, 2.45) is 7.05 Å². The number of hydrogen-bond donors (Lipinski definition) is 1. The number of aromatic nitrogens is 2. The van der Waals surface area contributed by atoms with E-state index in [4.69, 9.17) is 0 Å². The number of carbonyl (C=O) groups is 2. The number of ketones is 1. The van der Waals surface area contributed by atoms with Crippen LogP contribution in [0.4, 0.5) is 14.5 Å². The molecule has 1 amide bonds. The van der Waals surface area contributed by atoms with Crippen molar-refractivity contribution in [1.29, 1.82) is 0 Å². The van der Waals surface area contributed by atoms with Gasteiger partial charge in [-0.25, -0.2) is 13.8 Å². The third-order valence-electron chi connectivity index (χ3n) is 4.38. The van der Waals surface area contributed by atoms with Crippen molar-refractivity contribution in [2.75, 3.05) is 5.32 Å². The third-order valence-corrected chi connectivity index (χ3v) is 4.38. The van der Waals surface area contributed by atoms with Crippen molar-refractivity contribution in [3.05, 3.63) is 89.0 Å². The number of anilines is 1. The second-order valence-corrected chi connectivity index (χ2v) is 6.59. The molecule has 1 N–H and O–H groups in total. The van der Waals surface area contributed by atoms with Crippen LogP contribution in [0.15, 0.2) is 54.9 Å². The van der Waals surface area contributed by atoms with Crippen molar-refractivity contribution in [3.63, 3.8) is 0 Å². The summed E-state index contributed by atoms with van der Waals surface area (Å²) in [5.41, 5.74) is 1.50. The molecular weight excluding hydrogens is 376 g/mol. The number of amides is 1. The molecule has 0 radical (unpaired) electrons. The van der Waals surface area contributed by atoms with Crippen LogP contribution in [0, 0.1) is 18.6 Å². The zero-order chi connectivity index (χ0) is 21.0. The number of imidazole rings is 1. The maximum atomic E-state index is 13.6. The first-order valence-electron chi connectivity index (χ1n) is 8.87. The van der Waals surface area contributed by atoms with E-state index in [1.165, 1.54) is 13.0 Å². The monoisotopic (exact) mass is 395 g/mol. The van der Waals surface area contributed by atoms with Gasteiger partial charge in [-0.1, -0.05) is 30.3 Å². The Kier molecular flexibility index (Phi) is 5.97. The number of halogens is 2. The summed E-state index contributed by atoms with van der Waals surface area (Å²) in [5, 5.41) is 2.49. The van der Waals surface area contributed by atoms with E-state index in [2.05, 4.69) is 10.3 Å². The first-order chi connectivity index (χ1) is 13.8. The Labute approximate surface area is 166 Å². The minimum Gasteiger partial charge on any atom is -0.331 e. The fourth-order valence-electron chi connectivity index (χ4n) is 2.70. The van der Waals surface area contributed by atoms with Gasteiger partial charge in [0.15, 0.2) is 5.82 Å². The minimum absolute atomic E-state index is 0.0489. The molecule has 0 fully saturated rings. The minimum atomic E-state index is -0.712. The molecule has 0 saturated heterocycles. The predicted molar refractivity (Wildman–Crippen MR) is 106 cm³/mol. The average molecular weight is 395 g/mol. The highest BCUT2D eigenvalue weighted by Gasteiger charge is 2.10. The average Bonchev–Trinajstić information content (AvgIpc) is 3.11. The van der Waals surface area contributed by atoms with Crippen molar-refractivity contribution < 1.29 is 18.4 Å². The molecule has 0 unspecified atom stereocenters. The van der Waals surface area contributed by atoms with E-state index < -0.39 is 11.6 Å². The summed E-state index contributed by atoms with van der Waals surface area (Å²) in [5.74, 6) is -1.67. The van der Waals surface area contributed by atoms with E-state index >= 15 is 0 Å². The molecular formula is C22H19F2N3O2. The molecule has 0 aliphatic heterocycles. The van der Waals surface area contributed by atoms with Gasteiger partial charge < -0.3 is 9.88 Å². The molecule has 5 nitrogen and oxygen atoms in total. The maximum Gasteiger partial charge on any atom is 0.228 e. The molecule has 1 aromatic heterocycles. The number of hydrogen-bond acceptors (Lipinski definition) is 3. The van der Waals surface area contributed by atoms with Crippen LogP contribution in [0.2, 0.25) is 0 Å². The number of nitrogens with one attached hydrogen (secondary N) is 1. The van der Waals surface area contributed by atoms with Crippen LogP contribution in [0.1, 0.15) is 27.3 Å². The van der Waals surface area contributed by atoms with E-state index in [1.807, 2.05) is 0 Å². The number of aryl methyl sites for hydroxylation is 1. The summed E-state index contributed by atoms with van der Waals surface area (Å²) in [6, 6.07) is 9.22. The number of allylic oxidation sites excluding steroid dienone is 1. The second kappa shape index (κ2) is 8.60. The smallest absolute Gasteiger partial charge is 0.228 e. The predicted octanol–water partition coefficient (Wildman–Crippen LogP) is 4.08. The molecule has 2 aromatic carbocycles. The summed E-state index contributed by atoms with van der Waals surface area (Å²) in [6.45, 7) is 1.33. The molecule has 29 heavy (non-hydrogen) atoms. The molecule has 148 valence electrons. The van der Waals surface area contributed by atoms with E-state index in [1.54, 1.807) is 54.3 Å². The number of nitrogens with zero attached hydrogens (tertiary/aromatic N) is 2. The van der Waals surface area contributed by atoms with Crippen molar-refractivity contribution in [2.45, 2.75) is 13.3 Å². The van der Waals surface area contributed by atoms with E-state index in [9.17, 15) is 18.4 Å². The first kappa shape index (κ1) is 20.1. The maximum absolute atomic E-state index is 13.6.